The first-order valence-electron chi connectivity index (χ1n) is 8.31. The summed E-state index contributed by atoms with van der Waals surface area (Å²) in [5, 5.41) is 6.30. The van der Waals surface area contributed by atoms with Gasteiger partial charge in [0.2, 0.25) is 5.91 Å². The SMILES string of the molecule is CNC(=O)C1CN(C(=O)c2cc(C)on2)CCN1C(=O)c1ccccc1. The lowest BCUT2D eigenvalue weighted by molar-refractivity contribution is -0.126. The summed E-state index contributed by atoms with van der Waals surface area (Å²) in [6.45, 7) is 2.38. The van der Waals surface area contributed by atoms with Crippen molar-refractivity contribution in [3.63, 3.8) is 0 Å². The van der Waals surface area contributed by atoms with Crippen LogP contribution in [0, 0.1) is 6.92 Å². The van der Waals surface area contributed by atoms with Crippen molar-refractivity contribution < 1.29 is 18.9 Å². The van der Waals surface area contributed by atoms with Gasteiger partial charge in [0.05, 0.1) is 6.54 Å². The molecule has 1 aromatic carbocycles. The van der Waals surface area contributed by atoms with Crippen molar-refractivity contribution in [1.82, 2.24) is 20.3 Å². The Kier molecular flexibility index (Phi) is 5.01. The van der Waals surface area contributed by atoms with Gasteiger partial charge in [0, 0.05) is 31.8 Å². The number of amides is 3. The smallest absolute Gasteiger partial charge is 0.276 e. The molecule has 8 nitrogen and oxygen atoms in total. The highest BCUT2D eigenvalue weighted by molar-refractivity contribution is 5.98. The molecule has 2 heterocycles. The first-order chi connectivity index (χ1) is 12.5. The molecular weight excluding hydrogens is 336 g/mol. The van der Waals surface area contributed by atoms with E-state index in [0.717, 1.165) is 0 Å². The lowest BCUT2D eigenvalue weighted by Gasteiger charge is -2.40. The van der Waals surface area contributed by atoms with Crippen LogP contribution in [0.15, 0.2) is 40.9 Å². The maximum absolute atomic E-state index is 12.8. The number of rotatable bonds is 3. The number of aromatic nitrogens is 1. The molecule has 136 valence electrons. The molecule has 0 saturated carbocycles. The van der Waals surface area contributed by atoms with Crippen molar-refractivity contribution >= 4 is 17.7 Å². The molecule has 1 fully saturated rings. The summed E-state index contributed by atoms with van der Waals surface area (Å²) in [5.74, 6) is -0.330. The van der Waals surface area contributed by atoms with Gasteiger partial charge in [-0.1, -0.05) is 23.4 Å². The highest BCUT2D eigenvalue weighted by Crippen LogP contribution is 2.17. The largest absolute Gasteiger partial charge is 0.361 e. The Balaban J connectivity index is 1.80. The van der Waals surface area contributed by atoms with Crippen LogP contribution in [0.4, 0.5) is 0 Å². The van der Waals surface area contributed by atoms with Crippen LogP contribution < -0.4 is 5.32 Å². The molecule has 0 spiro atoms. The Hall–Kier alpha value is -3.16. The monoisotopic (exact) mass is 356 g/mol. The molecule has 1 aliphatic rings. The summed E-state index contributed by atoms with van der Waals surface area (Å²) >= 11 is 0. The second kappa shape index (κ2) is 7.38. The van der Waals surface area contributed by atoms with Crippen LogP contribution in [-0.4, -0.2) is 65.4 Å². The fourth-order valence-corrected chi connectivity index (χ4v) is 2.98. The molecule has 0 bridgehead atoms. The second-order valence-corrected chi connectivity index (χ2v) is 6.07. The average molecular weight is 356 g/mol. The lowest BCUT2D eigenvalue weighted by Crippen LogP contribution is -2.61. The molecule has 2 aromatic rings. The molecule has 3 amide bonds. The number of nitrogens with one attached hydrogen (secondary N) is 1. The Labute approximate surface area is 150 Å². The number of aryl methyl sites for hydroxylation is 1. The molecule has 1 aromatic heterocycles. The molecule has 1 aliphatic heterocycles. The Morgan fingerprint density at radius 3 is 2.50 bits per heavy atom. The minimum atomic E-state index is -0.765. The van der Waals surface area contributed by atoms with E-state index in [1.807, 2.05) is 6.07 Å². The van der Waals surface area contributed by atoms with Crippen molar-refractivity contribution in [2.75, 3.05) is 26.7 Å². The molecular formula is C18H20N4O4. The maximum Gasteiger partial charge on any atom is 0.276 e. The highest BCUT2D eigenvalue weighted by Gasteiger charge is 2.37. The van der Waals surface area contributed by atoms with Crippen LogP contribution in [0.1, 0.15) is 26.6 Å². The first kappa shape index (κ1) is 17.7. The van der Waals surface area contributed by atoms with Gasteiger partial charge < -0.3 is 19.6 Å². The third-order valence-electron chi connectivity index (χ3n) is 4.35. The summed E-state index contributed by atoms with van der Waals surface area (Å²) in [6, 6.07) is 9.57. The van der Waals surface area contributed by atoms with Crippen LogP contribution in [0.2, 0.25) is 0 Å². The molecule has 1 atom stereocenters. The van der Waals surface area contributed by atoms with Crippen LogP contribution >= 0.6 is 0 Å². The van der Waals surface area contributed by atoms with Crippen molar-refractivity contribution in [3.8, 4) is 0 Å². The van der Waals surface area contributed by atoms with Crippen LogP contribution in [-0.2, 0) is 4.79 Å². The van der Waals surface area contributed by atoms with Gasteiger partial charge in [-0.05, 0) is 19.1 Å². The van der Waals surface area contributed by atoms with E-state index < -0.39 is 6.04 Å². The van der Waals surface area contributed by atoms with Gasteiger partial charge in [0.25, 0.3) is 11.8 Å². The van der Waals surface area contributed by atoms with Gasteiger partial charge in [-0.3, -0.25) is 14.4 Å². The molecule has 0 radical (unpaired) electrons. The zero-order chi connectivity index (χ0) is 18.7. The molecule has 0 aliphatic carbocycles. The Bertz CT molecular complexity index is 818. The van der Waals surface area contributed by atoms with E-state index in [1.54, 1.807) is 37.3 Å². The number of piperazine rings is 1. The quantitative estimate of drug-likeness (QED) is 0.873. The molecule has 1 unspecified atom stereocenters. The van der Waals surface area contributed by atoms with Gasteiger partial charge >= 0.3 is 0 Å². The van der Waals surface area contributed by atoms with Gasteiger partial charge in [-0.2, -0.15) is 0 Å². The fraction of sp³-hybridized carbons (Fsp3) is 0.333. The second-order valence-electron chi connectivity index (χ2n) is 6.07. The fourth-order valence-electron chi connectivity index (χ4n) is 2.98. The topological polar surface area (TPSA) is 95.8 Å². The average Bonchev–Trinajstić information content (AvgIpc) is 3.12. The molecule has 1 saturated heterocycles. The van der Waals surface area contributed by atoms with Gasteiger partial charge in [0.1, 0.15) is 11.8 Å². The molecule has 26 heavy (non-hydrogen) atoms. The van der Waals surface area contributed by atoms with E-state index in [9.17, 15) is 14.4 Å². The van der Waals surface area contributed by atoms with E-state index in [-0.39, 0.29) is 36.5 Å². The Morgan fingerprint density at radius 2 is 1.88 bits per heavy atom. The van der Waals surface area contributed by atoms with Crippen molar-refractivity contribution in [3.05, 3.63) is 53.4 Å². The summed E-state index contributed by atoms with van der Waals surface area (Å²) in [6.07, 6.45) is 0. The molecule has 1 N–H and O–H groups in total. The zero-order valence-corrected chi connectivity index (χ0v) is 14.6. The molecule has 3 rings (SSSR count). The number of hydrogen-bond acceptors (Lipinski definition) is 5. The number of nitrogens with zero attached hydrogens (tertiary/aromatic N) is 3. The number of carbonyl (C=O) groups excluding carboxylic acids is 3. The van der Waals surface area contributed by atoms with E-state index in [0.29, 0.717) is 17.9 Å². The molecule has 8 heteroatoms. The summed E-state index contributed by atoms with van der Waals surface area (Å²) in [4.78, 5) is 40.8. The van der Waals surface area contributed by atoms with E-state index in [2.05, 4.69) is 10.5 Å². The van der Waals surface area contributed by atoms with E-state index in [1.165, 1.54) is 16.8 Å². The minimum Gasteiger partial charge on any atom is -0.361 e. The van der Waals surface area contributed by atoms with Crippen molar-refractivity contribution in [2.45, 2.75) is 13.0 Å². The number of carbonyl (C=O) groups is 3. The number of likely N-dealkylation sites (N-methyl/N-ethyl adjacent to an activating group) is 1. The van der Waals surface area contributed by atoms with Gasteiger partial charge in [-0.25, -0.2) is 0 Å². The number of benzene rings is 1. The number of hydrogen-bond donors (Lipinski definition) is 1. The maximum atomic E-state index is 12.8. The van der Waals surface area contributed by atoms with E-state index in [4.69, 9.17) is 4.52 Å². The normalized spacial score (nSPS) is 17.1. The minimum absolute atomic E-state index is 0.100. The Morgan fingerprint density at radius 1 is 1.15 bits per heavy atom. The van der Waals surface area contributed by atoms with Crippen LogP contribution in [0.25, 0.3) is 0 Å². The van der Waals surface area contributed by atoms with E-state index >= 15 is 0 Å². The van der Waals surface area contributed by atoms with Crippen LogP contribution in [0.5, 0.6) is 0 Å². The zero-order valence-electron chi connectivity index (χ0n) is 14.6. The highest BCUT2D eigenvalue weighted by atomic mass is 16.5. The van der Waals surface area contributed by atoms with Crippen molar-refractivity contribution in [1.29, 1.82) is 0 Å². The third-order valence-corrected chi connectivity index (χ3v) is 4.35. The van der Waals surface area contributed by atoms with Gasteiger partial charge in [-0.15, -0.1) is 0 Å². The van der Waals surface area contributed by atoms with Gasteiger partial charge in [0.15, 0.2) is 5.69 Å². The van der Waals surface area contributed by atoms with Crippen molar-refractivity contribution in [2.24, 2.45) is 0 Å². The predicted molar refractivity (Wildman–Crippen MR) is 92.5 cm³/mol. The summed E-state index contributed by atoms with van der Waals surface area (Å²) < 4.78 is 4.95. The standard InChI is InChI=1S/C18H20N4O4/c1-12-10-14(20-26-12)18(25)21-8-9-22(15(11-21)16(23)19-2)17(24)13-6-4-3-5-7-13/h3-7,10,15H,8-9,11H2,1-2H3,(H,19,23). The summed E-state index contributed by atoms with van der Waals surface area (Å²) in [7, 11) is 1.51. The third kappa shape index (κ3) is 3.44. The summed E-state index contributed by atoms with van der Waals surface area (Å²) in [5.41, 5.74) is 0.703. The van der Waals surface area contributed by atoms with Crippen LogP contribution in [0.3, 0.4) is 0 Å². The lowest BCUT2D eigenvalue weighted by atomic mass is 10.1. The first-order valence-corrected chi connectivity index (χ1v) is 8.31. The predicted octanol–water partition coefficient (Wildman–Crippen LogP) is 0.696.